The Balaban J connectivity index is 1.21. The smallest absolute Gasteiger partial charge is 0.199 e. The maximum absolute atomic E-state index is 9.97. The lowest BCUT2D eigenvalue weighted by atomic mass is 9.98. The molecule has 0 bridgehead atoms. The Bertz CT molecular complexity index is 877. The lowest BCUT2D eigenvalue weighted by Crippen LogP contribution is -2.49. The van der Waals surface area contributed by atoms with Gasteiger partial charge in [-0.05, 0) is 81.1 Å². The van der Waals surface area contributed by atoms with Crippen LogP contribution in [0.1, 0.15) is 32.1 Å². The number of hydrogen-bond acceptors (Lipinski definition) is 5. The Hall–Kier alpha value is -1.87. The fourth-order valence-corrected chi connectivity index (χ4v) is 5.85. The van der Waals surface area contributed by atoms with Crippen molar-refractivity contribution in [3.05, 3.63) is 48.6 Å². The van der Waals surface area contributed by atoms with Crippen molar-refractivity contribution < 1.29 is 5.11 Å². The lowest BCUT2D eigenvalue weighted by molar-refractivity contribution is 0.0398. The standard InChI is InChI=1S/C25H35N5OS2/c26-24(33-18-19-5-2-1-3-6-19)28-25(32)27-20-8-10-21(11-9-20)29-15-12-22(13-16-29)30-14-4-7-23(31)17-30/h1-3,5,8-11,19,22-23,31H,4,6-7,12-18H2,(H3,26,27,28,32)/t19-,23?/m0/s1. The van der Waals surface area contributed by atoms with Gasteiger partial charge in [0.15, 0.2) is 10.3 Å². The zero-order chi connectivity index (χ0) is 23.0. The molecule has 2 aliphatic heterocycles. The second-order valence-electron chi connectivity index (χ2n) is 9.06. The minimum atomic E-state index is -0.146. The molecule has 1 aromatic carbocycles. The van der Waals surface area contributed by atoms with Gasteiger partial charge in [-0.15, -0.1) is 0 Å². The maximum atomic E-state index is 9.97. The quantitative estimate of drug-likeness (QED) is 0.331. The Labute approximate surface area is 207 Å². The number of aliphatic hydroxyl groups is 1. The van der Waals surface area contributed by atoms with Crippen molar-refractivity contribution in [3.63, 3.8) is 0 Å². The van der Waals surface area contributed by atoms with E-state index in [1.165, 1.54) is 5.69 Å². The summed E-state index contributed by atoms with van der Waals surface area (Å²) in [5, 5.41) is 14.0. The Morgan fingerprint density at radius 2 is 1.94 bits per heavy atom. The van der Waals surface area contributed by atoms with Crippen LogP contribution in [0.25, 0.3) is 0 Å². The number of anilines is 2. The molecule has 4 rings (SSSR count). The van der Waals surface area contributed by atoms with Gasteiger partial charge in [-0.3, -0.25) is 4.90 Å². The van der Waals surface area contributed by atoms with Gasteiger partial charge in [0.05, 0.1) is 6.10 Å². The number of nitrogens with two attached hydrogens (primary N) is 1. The average Bonchev–Trinajstić information content (AvgIpc) is 2.84. The molecular weight excluding hydrogens is 450 g/mol. The van der Waals surface area contributed by atoms with E-state index in [-0.39, 0.29) is 6.10 Å². The van der Waals surface area contributed by atoms with Gasteiger partial charge in [-0.25, -0.2) is 0 Å². The lowest BCUT2D eigenvalue weighted by Gasteiger charge is -2.42. The number of allylic oxidation sites excluding steroid dienone is 4. The predicted octanol–water partition coefficient (Wildman–Crippen LogP) is 3.99. The third-order valence-electron chi connectivity index (χ3n) is 6.62. The van der Waals surface area contributed by atoms with Crippen molar-refractivity contribution >= 4 is 45.6 Å². The molecule has 8 heteroatoms. The number of amidine groups is 1. The summed E-state index contributed by atoms with van der Waals surface area (Å²) in [6.07, 6.45) is 13.8. The van der Waals surface area contributed by atoms with Crippen LogP contribution in [0.15, 0.2) is 53.6 Å². The van der Waals surface area contributed by atoms with E-state index in [0.717, 1.165) is 69.7 Å². The van der Waals surface area contributed by atoms with Crippen molar-refractivity contribution in [2.45, 2.75) is 44.2 Å². The predicted molar refractivity (Wildman–Crippen MR) is 145 cm³/mol. The number of aliphatic imine (C=N–C) groups is 1. The molecule has 4 N–H and O–H groups in total. The van der Waals surface area contributed by atoms with Gasteiger partial charge in [0.2, 0.25) is 0 Å². The van der Waals surface area contributed by atoms with Crippen LogP contribution >= 0.6 is 24.0 Å². The second-order valence-corrected chi connectivity index (χ2v) is 10.5. The van der Waals surface area contributed by atoms with Gasteiger partial charge < -0.3 is 21.1 Å². The summed E-state index contributed by atoms with van der Waals surface area (Å²) in [4.78, 5) is 9.27. The molecule has 0 spiro atoms. The third-order valence-corrected chi connectivity index (χ3v) is 7.79. The SMILES string of the molecule is NC(=NC(=S)Nc1ccc(N2CCC(N3CCCC(O)C3)CC2)cc1)SC[C@H]1C=CC=CC1. The number of likely N-dealkylation sites (tertiary alicyclic amines) is 1. The summed E-state index contributed by atoms with van der Waals surface area (Å²) >= 11 is 6.92. The summed E-state index contributed by atoms with van der Waals surface area (Å²) in [7, 11) is 0. The minimum absolute atomic E-state index is 0.146. The van der Waals surface area contributed by atoms with Crippen LogP contribution in [0.2, 0.25) is 0 Å². The number of thiocarbonyl (C=S) groups is 1. The molecule has 33 heavy (non-hydrogen) atoms. The summed E-state index contributed by atoms with van der Waals surface area (Å²) < 4.78 is 0. The molecule has 6 nitrogen and oxygen atoms in total. The second kappa shape index (κ2) is 12.0. The number of nitrogens with one attached hydrogen (secondary N) is 1. The normalized spacial score (nSPS) is 24.8. The molecule has 178 valence electrons. The molecule has 1 aromatic rings. The Morgan fingerprint density at radius 3 is 2.64 bits per heavy atom. The van der Waals surface area contributed by atoms with Gasteiger partial charge in [-0.1, -0.05) is 36.1 Å². The Morgan fingerprint density at radius 1 is 1.15 bits per heavy atom. The van der Waals surface area contributed by atoms with Crippen LogP contribution in [0.4, 0.5) is 11.4 Å². The number of nitrogens with zero attached hydrogens (tertiary/aromatic N) is 3. The monoisotopic (exact) mass is 485 g/mol. The first-order chi connectivity index (χ1) is 16.1. The van der Waals surface area contributed by atoms with E-state index in [9.17, 15) is 5.11 Å². The van der Waals surface area contributed by atoms with Gasteiger partial charge in [-0.2, -0.15) is 4.99 Å². The molecule has 1 unspecified atom stereocenters. The number of piperidine rings is 2. The molecule has 0 saturated carbocycles. The molecule has 2 saturated heterocycles. The minimum Gasteiger partial charge on any atom is -0.392 e. The first-order valence-corrected chi connectivity index (χ1v) is 13.3. The number of thioether (sulfide) groups is 1. The van der Waals surface area contributed by atoms with E-state index in [1.54, 1.807) is 11.8 Å². The molecule has 2 fully saturated rings. The zero-order valence-corrected chi connectivity index (χ0v) is 20.7. The first kappa shape index (κ1) is 24.3. The average molecular weight is 486 g/mol. The summed E-state index contributed by atoms with van der Waals surface area (Å²) in [5.74, 6) is 1.40. The number of aliphatic hydroxyl groups excluding tert-OH is 1. The van der Waals surface area contributed by atoms with E-state index in [0.29, 0.717) is 22.2 Å². The van der Waals surface area contributed by atoms with Gasteiger partial charge in [0.1, 0.15) is 0 Å². The van der Waals surface area contributed by atoms with E-state index < -0.39 is 0 Å². The van der Waals surface area contributed by atoms with Crippen LogP contribution < -0.4 is 16.0 Å². The number of hydrogen-bond donors (Lipinski definition) is 3. The molecule has 3 aliphatic rings. The fraction of sp³-hybridized carbons (Fsp3) is 0.520. The van der Waals surface area contributed by atoms with Crippen LogP contribution in [0.5, 0.6) is 0 Å². The van der Waals surface area contributed by atoms with Crippen LogP contribution in [0.3, 0.4) is 0 Å². The highest BCUT2D eigenvalue weighted by Gasteiger charge is 2.28. The molecular formula is C25H35N5OS2. The molecule has 0 amide bonds. The molecule has 0 radical (unpaired) electrons. The van der Waals surface area contributed by atoms with Crippen molar-refractivity contribution in [3.8, 4) is 0 Å². The van der Waals surface area contributed by atoms with Crippen molar-refractivity contribution in [1.82, 2.24) is 4.90 Å². The number of β-amino-alcohol motifs (C(OH)–C–C–N with tert-alkyl or cyclic N) is 1. The fourth-order valence-electron chi connectivity index (χ4n) is 4.79. The van der Waals surface area contributed by atoms with E-state index in [4.69, 9.17) is 18.0 Å². The van der Waals surface area contributed by atoms with Crippen LogP contribution in [-0.4, -0.2) is 64.4 Å². The van der Waals surface area contributed by atoms with Crippen molar-refractivity contribution in [2.75, 3.05) is 42.1 Å². The third kappa shape index (κ3) is 7.30. The first-order valence-electron chi connectivity index (χ1n) is 12.0. The van der Waals surface area contributed by atoms with Crippen molar-refractivity contribution in [1.29, 1.82) is 0 Å². The van der Waals surface area contributed by atoms with E-state index in [2.05, 4.69) is 56.5 Å². The van der Waals surface area contributed by atoms with Gasteiger partial charge >= 0.3 is 0 Å². The van der Waals surface area contributed by atoms with Gasteiger partial charge in [0, 0.05) is 42.8 Å². The molecule has 0 aromatic heterocycles. The van der Waals surface area contributed by atoms with Crippen molar-refractivity contribution in [2.24, 2.45) is 16.6 Å². The molecule has 1 aliphatic carbocycles. The molecule has 2 atom stereocenters. The topological polar surface area (TPSA) is 77.1 Å². The van der Waals surface area contributed by atoms with E-state index >= 15 is 0 Å². The number of rotatable bonds is 5. The molecule has 2 heterocycles. The van der Waals surface area contributed by atoms with E-state index in [1.807, 2.05) is 12.1 Å². The van der Waals surface area contributed by atoms with Crippen LogP contribution in [0, 0.1) is 5.92 Å². The highest BCUT2D eigenvalue weighted by atomic mass is 32.2. The highest BCUT2D eigenvalue weighted by Crippen LogP contribution is 2.26. The summed E-state index contributed by atoms with van der Waals surface area (Å²) in [5.41, 5.74) is 8.21. The number of benzene rings is 1. The summed E-state index contributed by atoms with van der Waals surface area (Å²) in [6, 6.07) is 8.97. The maximum Gasteiger partial charge on any atom is 0.199 e. The zero-order valence-electron chi connectivity index (χ0n) is 19.1. The largest absolute Gasteiger partial charge is 0.392 e. The van der Waals surface area contributed by atoms with Crippen LogP contribution in [-0.2, 0) is 0 Å². The highest BCUT2D eigenvalue weighted by molar-refractivity contribution is 8.13. The summed E-state index contributed by atoms with van der Waals surface area (Å²) in [6.45, 7) is 4.06. The van der Waals surface area contributed by atoms with Gasteiger partial charge in [0.25, 0.3) is 0 Å². The Kier molecular flexibility index (Phi) is 8.83.